The Morgan fingerprint density at radius 3 is 2.38 bits per heavy atom. The molecule has 40 heavy (non-hydrogen) atoms. The van der Waals surface area contributed by atoms with Gasteiger partial charge in [-0.15, -0.1) is 0 Å². The number of aromatic nitrogens is 4. The predicted molar refractivity (Wildman–Crippen MR) is 147 cm³/mol. The van der Waals surface area contributed by atoms with Gasteiger partial charge in [0.1, 0.15) is 29.5 Å². The van der Waals surface area contributed by atoms with Crippen LogP contribution in [-0.4, -0.2) is 36.6 Å². The fourth-order valence-corrected chi connectivity index (χ4v) is 4.37. The molecule has 0 amide bonds. The first-order chi connectivity index (χ1) is 18.5. The van der Waals surface area contributed by atoms with Gasteiger partial charge in [-0.1, -0.05) is 31.7 Å². The number of pyridine rings is 1. The normalized spacial score (nSPS) is 11.4. The zero-order valence-corrected chi connectivity index (χ0v) is 21.9. The molecule has 8 nitrogen and oxygen atoms in total. The van der Waals surface area contributed by atoms with Crippen LogP contribution in [0.25, 0.3) is 16.6 Å². The van der Waals surface area contributed by atoms with Gasteiger partial charge in [0.05, 0.1) is 28.9 Å². The Balaban J connectivity index is 0.00000370. The van der Waals surface area contributed by atoms with Gasteiger partial charge in [0.2, 0.25) is 0 Å². The van der Waals surface area contributed by atoms with Gasteiger partial charge < -0.3 is 9.47 Å². The maximum absolute atomic E-state index is 14.1. The van der Waals surface area contributed by atoms with Crippen LogP contribution >= 0.6 is 0 Å². The highest BCUT2D eigenvalue weighted by Crippen LogP contribution is 2.26. The lowest BCUT2D eigenvalue weighted by molar-refractivity contribution is 0.0521. The first kappa shape index (κ1) is 28.4. The molecule has 0 aliphatic carbocycles. The molecule has 5 aromatic rings. The molecule has 0 aliphatic rings. The number of hydrogen-bond acceptors (Lipinski definition) is 6. The zero-order chi connectivity index (χ0) is 27.9. The first-order valence-electron chi connectivity index (χ1n) is 12.3. The lowest BCUT2D eigenvalue weighted by atomic mass is 10.1. The highest BCUT2D eigenvalue weighted by atomic mass is 19.1. The molecule has 10 heteroatoms. The van der Waals surface area contributed by atoms with E-state index in [2.05, 4.69) is 10.1 Å². The smallest absolute Gasteiger partial charge is 0.435 e. The molecule has 2 aromatic carbocycles. The number of carbonyl (C=O) groups is 2. The number of fused-ring (bicyclic) bond motifs is 2. The molecule has 0 bridgehead atoms. The predicted octanol–water partition coefficient (Wildman–Crippen LogP) is 6.69. The second-order valence-corrected chi connectivity index (χ2v) is 10.1. The van der Waals surface area contributed by atoms with E-state index in [0.717, 1.165) is 12.1 Å². The van der Waals surface area contributed by atoms with Crippen molar-refractivity contribution in [3.8, 4) is 5.75 Å². The largest absolute Gasteiger partial charge is 0.485 e. The van der Waals surface area contributed by atoms with Crippen molar-refractivity contribution in [1.29, 1.82) is 0 Å². The van der Waals surface area contributed by atoms with Crippen LogP contribution in [0.1, 0.15) is 55.6 Å². The number of ketones is 1. The molecule has 0 aliphatic heterocycles. The van der Waals surface area contributed by atoms with Gasteiger partial charge in [0.25, 0.3) is 0 Å². The molecule has 0 fully saturated rings. The van der Waals surface area contributed by atoms with Crippen molar-refractivity contribution in [3.05, 3.63) is 95.1 Å². The first-order valence-corrected chi connectivity index (χ1v) is 12.3. The van der Waals surface area contributed by atoms with Crippen molar-refractivity contribution in [3.63, 3.8) is 0 Å². The molecule has 0 saturated carbocycles. The Morgan fingerprint density at radius 2 is 1.68 bits per heavy atom. The average molecular weight is 549 g/mol. The fraction of sp³-hybridized carbons (Fsp3) is 0.267. The topological polar surface area (TPSA) is 87.7 Å². The second-order valence-electron chi connectivity index (χ2n) is 10.1. The highest BCUT2D eigenvalue weighted by Gasteiger charge is 2.25. The molecule has 0 spiro atoms. The maximum atomic E-state index is 14.1. The summed E-state index contributed by atoms with van der Waals surface area (Å²) in [6.45, 7) is 6.64. The molecular formula is C30H30F2N4O4. The van der Waals surface area contributed by atoms with Crippen molar-refractivity contribution in [2.45, 2.75) is 53.8 Å². The van der Waals surface area contributed by atoms with Gasteiger partial charge in [-0.3, -0.25) is 9.20 Å². The average Bonchev–Trinajstić information content (AvgIpc) is 3.40. The summed E-state index contributed by atoms with van der Waals surface area (Å²) in [6.07, 6.45) is 0.920. The Hall–Kier alpha value is -4.60. The van der Waals surface area contributed by atoms with Crippen LogP contribution in [0.15, 0.2) is 60.8 Å². The van der Waals surface area contributed by atoms with Crippen molar-refractivity contribution in [1.82, 2.24) is 19.2 Å². The number of imidazole rings is 1. The summed E-state index contributed by atoms with van der Waals surface area (Å²) >= 11 is 0. The van der Waals surface area contributed by atoms with E-state index in [4.69, 9.17) is 9.47 Å². The quantitative estimate of drug-likeness (QED) is 0.220. The molecule has 0 atom stereocenters. The van der Waals surface area contributed by atoms with E-state index in [1.807, 2.05) is 0 Å². The minimum Gasteiger partial charge on any atom is -0.485 e. The molecule has 208 valence electrons. The third-order valence-corrected chi connectivity index (χ3v) is 6.04. The third-order valence-electron chi connectivity index (χ3n) is 6.04. The number of rotatable bonds is 6. The Labute approximate surface area is 230 Å². The van der Waals surface area contributed by atoms with Gasteiger partial charge in [0.15, 0.2) is 17.2 Å². The Bertz CT molecular complexity index is 1710. The number of para-hydroxylation sites is 1. The standard InChI is InChI=1S/C29H26F2N4O4.CH4/c1-17-26(34-14-8-13-25(27(34)32-17)38-16-19-20(30)10-7-11-21(19)31)24(36)15-22-18-9-5-6-12-23(18)35(33-22)28(37)39-29(2,3)4;/h5-14H,15-16H2,1-4H3;1H4. The van der Waals surface area contributed by atoms with Crippen molar-refractivity contribution in [2.75, 3.05) is 0 Å². The molecule has 5 rings (SSSR count). The van der Waals surface area contributed by atoms with E-state index >= 15 is 0 Å². The van der Waals surface area contributed by atoms with Crippen LogP contribution in [0.2, 0.25) is 0 Å². The summed E-state index contributed by atoms with van der Waals surface area (Å²) in [6, 6.07) is 14.0. The number of Topliss-reactive ketones (excluding diaryl/α,β-unsaturated/α-hetero) is 1. The molecule has 0 saturated heterocycles. The monoisotopic (exact) mass is 548 g/mol. The summed E-state index contributed by atoms with van der Waals surface area (Å²) in [5, 5.41) is 5.08. The minimum atomic E-state index is -0.717. The molecular weight excluding hydrogens is 518 g/mol. The Kier molecular flexibility index (Phi) is 7.72. The van der Waals surface area contributed by atoms with Gasteiger partial charge >= 0.3 is 6.09 Å². The molecule has 0 N–H and O–H groups in total. The van der Waals surface area contributed by atoms with Gasteiger partial charge in [-0.2, -0.15) is 9.78 Å². The molecule has 0 radical (unpaired) electrons. The SMILES string of the molecule is C.Cc1nc2c(OCc3c(F)cccc3F)cccn2c1C(=O)Cc1nn(C(=O)OC(C)(C)C)c2ccccc12. The number of benzene rings is 2. The van der Waals surface area contributed by atoms with Crippen LogP contribution in [0.5, 0.6) is 5.75 Å². The fourth-order valence-electron chi connectivity index (χ4n) is 4.37. The van der Waals surface area contributed by atoms with Gasteiger partial charge in [0, 0.05) is 11.6 Å². The van der Waals surface area contributed by atoms with Gasteiger partial charge in [-0.25, -0.2) is 18.6 Å². The Morgan fingerprint density at radius 1 is 0.975 bits per heavy atom. The summed E-state index contributed by atoms with van der Waals surface area (Å²) in [4.78, 5) is 30.9. The van der Waals surface area contributed by atoms with Gasteiger partial charge in [-0.05, 0) is 58.0 Å². The maximum Gasteiger partial charge on any atom is 0.435 e. The summed E-state index contributed by atoms with van der Waals surface area (Å²) in [7, 11) is 0. The van der Waals surface area contributed by atoms with Crippen LogP contribution in [-0.2, 0) is 17.8 Å². The van der Waals surface area contributed by atoms with E-state index in [9.17, 15) is 18.4 Å². The number of carbonyl (C=O) groups excluding carboxylic acids is 2. The second kappa shape index (κ2) is 10.9. The van der Waals surface area contributed by atoms with E-state index < -0.39 is 23.3 Å². The van der Waals surface area contributed by atoms with Crippen molar-refractivity contribution < 1.29 is 27.8 Å². The van der Waals surface area contributed by atoms with Crippen LogP contribution in [0.4, 0.5) is 13.6 Å². The summed E-state index contributed by atoms with van der Waals surface area (Å²) in [5.74, 6) is -1.44. The molecule has 3 heterocycles. The number of aryl methyl sites for hydroxylation is 1. The van der Waals surface area contributed by atoms with Crippen LogP contribution in [0.3, 0.4) is 0 Å². The minimum absolute atomic E-state index is 0. The summed E-state index contributed by atoms with van der Waals surface area (Å²) < 4.78 is 42.1. The van der Waals surface area contributed by atoms with Crippen LogP contribution < -0.4 is 4.74 Å². The van der Waals surface area contributed by atoms with Crippen LogP contribution in [0, 0.1) is 18.6 Å². The van der Waals surface area contributed by atoms with E-state index in [1.165, 1.54) is 10.7 Å². The number of ether oxygens (including phenoxy) is 2. The van der Waals surface area contributed by atoms with Crippen molar-refractivity contribution >= 4 is 28.4 Å². The lowest BCUT2D eigenvalue weighted by Crippen LogP contribution is -2.27. The number of hydrogen-bond donors (Lipinski definition) is 0. The number of halogens is 2. The zero-order valence-electron chi connectivity index (χ0n) is 21.9. The third kappa shape index (κ3) is 5.42. The van der Waals surface area contributed by atoms with E-state index in [0.29, 0.717) is 33.6 Å². The van der Waals surface area contributed by atoms with E-state index in [-0.39, 0.29) is 37.6 Å². The highest BCUT2D eigenvalue weighted by molar-refractivity contribution is 6.00. The van der Waals surface area contributed by atoms with E-state index in [1.54, 1.807) is 74.7 Å². The summed E-state index contributed by atoms with van der Waals surface area (Å²) in [5.41, 5.74) is 1.11. The molecule has 0 unspecified atom stereocenters. The number of nitrogens with zero attached hydrogens (tertiary/aromatic N) is 4. The van der Waals surface area contributed by atoms with Crippen molar-refractivity contribution in [2.24, 2.45) is 0 Å². The molecule has 3 aromatic heterocycles. The lowest BCUT2D eigenvalue weighted by Gasteiger charge is -2.19.